The van der Waals surface area contributed by atoms with E-state index in [1.165, 1.54) is 12.1 Å². The van der Waals surface area contributed by atoms with Crippen LogP contribution in [0.4, 0.5) is 10.1 Å². The van der Waals surface area contributed by atoms with Gasteiger partial charge in [-0.2, -0.15) is 0 Å². The summed E-state index contributed by atoms with van der Waals surface area (Å²) in [6, 6.07) is 13.9. The molecule has 0 aliphatic heterocycles. The van der Waals surface area contributed by atoms with E-state index in [4.69, 9.17) is 0 Å². The molecule has 2 rings (SSSR count). The number of amides is 1. The van der Waals surface area contributed by atoms with Gasteiger partial charge in [-0.25, -0.2) is 4.39 Å². The predicted octanol–water partition coefficient (Wildman–Crippen LogP) is 4.23. The predicted molar refractivity (Wildman–Crippen MR) is 75.4 cm³/mol. The first-order valence-corrected chi connectivity index (χ1v) is 6.35. The number of anilines is 1. The molecule has 0 bridgehead atoms. The maximum atomic E-state index is 12.8. The normalized spacial score (nSPS) is 10.2. The first-order chi connectivity index (χ1) is 9.19. The van der Waals surface area contributed by atoms with Crippen molar-refractivity contribution in [2.45, 2.75) is 19.8 Å². The molecule has 19 heavy (non-hydrogen) atoms. The molecular formula is C16H16FNO. The summed E-state index contributed by atoms with van der Waals surface area (Å²) in [5.41, 5.74) is 2.73. The van der Waals surface area contributed by atoms with Crippen LogP contribution in [0, 0.1) is 5.82 Å². The second-order valence-electron chi connectivity index (χ2n) is 4.38. The van der Waals surface area contributed by atoms with Crippen LogP contribution in [0.5, 0.6) is 0 Å². The lowest BCUT2D eigenvalue weighted by molar-refractivity contribution is -0.116. The Bertz CT molecular complexity index is 546. The molecule has 0 atom stereocenters. The minimum Gasteiger partial charge on any atom is -0.326 e. The van der Waals surface area contributed by atoms with Crippen molar-refractivity contribution in [2.75, 3.05) is 5.32 Å². The minimum absolute atomic E-state index is 0.0250. The van der Waals surface area contributed by atoms with E-state index in [0.29, 0.717) is 6.42 Å². The molecule has 1 N–H and O–H groups in total. The molecule has 2 aromatic carbocycles. The number of carbonyl (C=O) groups excluding carboxylic acids is 1. The van der Waals surface area contributed by atoms with Gasteiger partial charge < -0.3 is 5.32 Å². The highest BCUT2D eigenvalue weighted by molar-refractivity contribution is 5.90. The van der Waals surface area contributed by atoms with Gasteiger partial charge in [0.25, 0.3) is 0 Å². The Morgan fingerprint density at radius 2 is 1.53 bits per heavy atom. The average Bonchev–Trinajstić information content (AvgIpc) is 2.41. The summed E-state index contributed by atoms with van der Waals surface area (Å²) >= 11 is 0. The highest BCUT2D eigenvalue weighted by atomic mass is 19.1. The molecule has 0 unspecified atom stereocenters. The van der Waals surface area contributed by atoms with Crippen molar-refractivity contribution in [1.82, 2.24) is 0 Å². The van der Waals surface area contributed by atoms with Crippen molar-refractivity contribution in [2.24, 2.45) is 0 Å². The van der Waals surface area contributed by atoms with Crippen LogP contribution in [0.15, 0.2) is 48.5 Å². The Morgan fingerprint density at radius 1 is 1.00 bits per heavy atom. The molecule has 1 amide bonds. The van der Waals surface area contributed by atoms with Crippen molar-refractivity contribution in [3.8, 4) is 11.1 Å². The average molecular weight is 257 g/mol. The number of halogens is 1. The van der Waals surface area contributed by atoms with E-state index < -0.39 is 0 Å². The maximum absolute atomic E-state index is 12.8. The molecule has 0 aliphatic carbocycles. The van der Waals surface area contributed by atoms with E-state index in [1.807, 2.05) is 31.2 Å². The van der Waals surface area contributed by atoms with Gasteiger partial charge in [-0.05, 0) is 41.8 Å². The fourth-order valence-electron chi connectivity index (χ4n) is 1.84. The molecule has 0 saturated heterocycles. The van der Waals surface area contributed by atoms with Crippen molar-refractivity contribution >= 4 is 11.6 Å². The molecule has 2 aromatic rings. The van der Waals surface area contributed by atoms with Crippen LogP contribution in [-0.2, 0) is 4.79 Å². The molecule has 2 nitrogen and oxygen atoms in total. The van der Waals surface area contributed by atoms with Gasteiger partial charge in [-0.1, -0.05) is 31.2 Å². The van der Waals surface area contributed by atoms with Crippen molar-refractivity contribution < 1.29 is 9.18 Å². The zero-order chi connectivity index (χ0) is 13.7. The standard InChI is InChI=1S/C16H16FNO/c1-2-3-16(19)18-15-10-6-13(7-11-15)12-4-8-14(17)9-5-12/h4-11H,2-3H2,1H3,(H,18,19). The van der Waals surface area contributed by atoms with Crippen molar-refractivity contribution in [1.29, 1.82) is 0 Å². The van der Waals surface area contributed by atoms with Gasteiger partial charge >= 0.3 is 0 Å². The first kappa shape index (κ1) is 13.3. The Kier molecular flexibility index (Phi) is 4.29. The summed E-state index contributed by atoms with van der Waals surface area (Å²) in [7, 11) is 0. The molecule has 0 aliphatic rings. The highest BCUT2D eigenvalue weighted by Gasteiger charge is 2.02. The second kappa shape index (κ2) is 6.14. The topological polar surface area (TPSA) is 29.1 Å². The quantitative estimate of drug-likeness (QED) is 0.872. The Morgan fingerprint density at radius 3 is 2.05 bits per heavy atom. The van der Waals surface area contributed by atoms with E-state index in [2.05, 4.69) is 5.32 Å². The first-order valence-electron chi connectivity index (χ1n) is 6.35. The highest BCUT2D eigenvalue weighted by Crippen LogP contribution is 2.21. The van der Waals surface area contributed by atoms with Gasteiger partial charge in [-0.3, -0.25) is 4.79 Å². The molecule has 0 radical (unpaired) electrons. The Hall–Kier alpha value is -2.16. The van der Waals surface area contributed by atoms with E-state index >= 15 is 0 Å². The lowest BCUT2D eigenvalue weighted by atomic mass is 10.1. The molecular weight excluding hydrogens is 241 g/mol. The summed E-state index contributed by atoms with van der Waals surface area (Å²) in [5, 5.41) is 2.83. The number of hydrogen-bond donors (Lipinski definition) is 1. The van der Waals surface area contributed by atoms with Crippen molar-refractivity contribution in [3.63, 3.8) is 0 Å². The monoisotopic (exact) mass is 257 g/mol. The number of hydrogen-bond acceptors (Lipinski definition) is 1. The van der Waals surface area contributed by atoms with E-state index in [1.54, 1.807) is 12.1 Å². The Labute approximate surface area is 112 Å². The Balaban J connectivity index is 2.10. The number of rotatable bonds is 4. The summed E-state index contributed by atoms with van der Waals surface area (Å²) < 4.78 is 12.8. The third-order valence-corrected chi connectivity index (χ3v) is 2.82. The fraction of sp³-hybridized carbons (Fsp3) is 0.188. The maximum Gasteiger partial charge on any atom is 0.224 e. The van der Waals surface area contributed by atoms with E-state index in [9.17, 15) is 9.18 Å². The molecule has 0 fully saturated rings. The van der Waals surface area contributed by atoms with Gasteiger partial charge in [0.15, 0.2) is 0 Å². The van der Waals surface area contributed by atoms with Gasteiger partial charge in [0.05, 0.1) is 0 Å². The van der Waals surface area contributed by atoms with Crippen LogP contribution >= 0.6 is 0 Å². The van der Waals surface area contributed by atoms with Crippen LogP contribution in [0.2, 0.25) is 0 Å². The molecule has 0 heterocycles. The number of benzene rings is 2. The zero-order valence-electron chi connectivity index (χ0n) is 10.8. The molecule has 0 saturated carbocycles. The van der Waals surface area contributed by atoms with Gasteiger partial charge in [0.1, 0.15) is 5.82 Å². The zero-order valence-corrected chi connectivity index (χ0v) is 10.8. The third-order valence-electron chi connectivity index (χ3n) is 2.82. The minimum atomic E-state index is -0.243. The van der Waals surface area contributed by atoms with E-state index in [-0.39, 0.29) is 11.7 Å². The number of carbonyl (C=O) groups is 1. The van der Waals surface area contributed by atoms with Crippen LogP contribution in [0.1, 0.15) is 19.8 Å². The fourth-order valence-corrected chi connectivity index (χ4v) is 1.84. The van der Waals surface area contributed by atoms with Gasteiger partial charge in [-0.15, -0.1) is 0 Å². The lowest BCUT2D eigenvalue weighted by Gasteiger charge is -2.06. The van der Waals surface area contributed by atoms with Gasteiger partial charge in [0.2, 0.25) is 5.91 Å². The summed E-state index contributed by atoms with van der Waals surface area (Å²) in [6.07, 6.45) is 1.36. The summed E-state index contributed by atoms with van der Waals surface area (Å²) in [6.45, 7) is 1.97. The molecule has 98 valence electrons. The molecule has 3 heteroatoms. The van der Waals surface area contributed by atoms with Crippen molar-refractivity contribution in [3.05, 3.63) is 54.3 Å². The van der Waals surface area contributed by atoms with Gasteiger partial charge in [0, 0.05) is 12.1 Å². The molecule has 0 aromatic heterocycles. The van der Waals surface area contributed by atoms with Crippen LogP contribution < -0.4 is 5.32 Å². The SMILES string of the molecule is CCCC(=O)Nc1ccc(-c2ccc(F)cc2)cc1. The summed E-state index contributed by atoms with van der Waals surface area (Å²) in [4.78, 5) is 11.5. The largest absolute Gasteiger partial charge is 0.326 e. The van der Waals surface area contributed by atoms with E-state index in [0.717, 1.165) is 23.2 Å². The van der Waals surface area contributed by atoms with Crippen LogP contribution in [0.3, 0.4) is 0 Å². The van der Waals surface area contributed by atoms with Crippen LogP contribution in [-0.4, -0.2) is 5.91 Å². The molecule has 0 spiro atoms. The lowest BCUT2D eigenvalue weighted by Crippen LogP contribution is -2.10. The third kappa shape index (κ3) is 3.65. The van der Waals surface area contributed by atoms with Crippen LogP contribution in [0.25, 0.3) is 11.1 Å². The second-order valence-corrected chi connectivity index (χ2v) is 4.38. The smallest absolute Gasteiger partial charge is 0.224 e. The number of nitrogens with one attached hydrogen (secondary N) is 1. The summed E-state index contributed by atoms with van der Waals surface area (Å²) in [5.74, 6) is -0.218.